The minimum atomic E-state index is -3.80. The molecule has 0 saturated carbocycles. The Morgan fingerprint density at radius 1 is 0.865 bits per heavy atom. The van der Waals surface area contributed by atoms with Crippen molar-refractivity contribution in [2.24, 2.45) is 0 Å². The highest BCUT2D eigenvalue weighted by molar-refractivity contribution is 7.90. The quantitative estimate of drug-likeness (QED) is 0.427. The minimum absolute atomic E-state index is 0.0703. The van der Waals surface area contributed by atoms with Crippen LogP contribution in [0.3, 0.4) is 0 Å². The van der Waals surface area contributed by atoms with Gasteiger partial charge in [-0.25, -0.2) is 21.1 Å². The molecule has 0 aliphatic carbocycles. The number of sulfonamides is 1. The topological polar surface area (TPSA) is 88.6 Å². The van der Waals surface area contributed by atoms with E-state index < -0.39 is 35.4 Å². The zero-order chi connectivity index (χ0) is 27.4. The fraction of sp³-hybridized carbons (Fsp3) is 0.321. The van der Waals surface area contributed by atoms with Crippen molar-refractivity contribution in [1.82, 2.24) is 4.31 Å². The van der Waals surface area contributed by atoms with Crippen LogP contribution in [-0.2, 0) is 29.4 Å². The zero-order valence-electron chi connectivity index (χ0n) is 21.5. The van der Waals surface area contributed by atoms with Crippen molar-refractivity contribution in [3.63, 3.8) is 0 Å². The fourth-order valence-corrected chi connectivity index (χ4v) is 7.94. The number of rotatable bonds is 5. The summed E-state index contributed by atoms with van der Waals surface area (Å²) in [6, 6.07) is 21.8. The summed E-state index contributed by atoms with van der Waals surface area (Å²) in [4.78, 5) is 12.8. The Hall–Kier alpha value is -2.62. The van der Waals surface area contributed by atoms with Gasteiger partial charge in [-0.1, -0.05) is 60.7 Å². The minimum Gasteiger partial charge on any atom is -0.274 e. The fourth-order valence-electron chi connectivity index (χ4n) is 4.74. The molecule has 0 bridgehead atoms. The van der Waals surface area contributed by atoms with Crippen molar-refractivity contribution in [2.45, 2.75) is 54.5 Å². The van der Waals surface area contributed by atoms with Crippen LogP contribution in [-0.4, -0.2) is 38.8 Å². The van der Waals surface area contributed by atoms with Crippen LogP contribution in [0.25, 0.3) is 11.1 Å². The van der Waals surface area contributed by atoms with Crippen LogP contribution in [0.5, 0.6) is 0 Å². The van der Waals surface area contributed by atoms with Crippen LogP contribution >= 0.6 is 12.6 Å². The monoisotopic (exact) mass is 557 g/mol. The third-order valence-electron chi connectivity index (χ3n) is 6.70. The van der Waals surface area contributed by atoms with E-state index in [0.717, 1.165) is 26.6 Å². The molecule has 9 heteroatoms. The molecular weight excluding hydrogens is 527 g/mol. The van der Waals surface area contributed by atoms with Gasteiger partial charge >= 0.3 is 0 Å². The molecule has 1 aliphatic heterocycles. The molecule has 37 heavy (non-hydrogen) atoms. The molecule has 2 atom stereocenters. The summed E-state index contributed by atoms with van der Waals surface area (Å²) in [5.41, 5.74) is 3.25. The average molecular weight is 558 g/mol. The highest BCUT2D eigenvalue weighted by Crippen LogP contribution is 2.42. The van der Waals surface area contributed by atoms with Gasteiger partial charge in [0.05, 0.1) is 21.6 Å². The third-order valence-corrected chi connectivity index (χ3v) is 10.7. The van der Waals surface area contributed by atoms with Crippen molar-refractivity contribution in [3.05, 3.63) is 89.5 Å². The van der Waals surface area contributed by atoms with Crippen LogP contribution in [0.2, 0.25) is 0 Å². The van der Waals surface area contributed by atoms with Crippen LogP contribution in [0.4, 0.5) is 0 Å². The predicted octanol–water partition coefficient (Wildman–Crippen LogP) is 5.35. The van der Waals surface area contributed by atoms with Crippen molar-refractivity contribution in [2.75, 3.05) is 6.26 Å². The van der Waals surface area contributed by atoms with Gasteiger partial charge in [-0.05, 0) is 67.6 Å². The molecule has 0 aromatic heterocycles. The third kappa shape index (κ3) is 5.22. The van der Waals surface area contributed by atoms with E-state index in [-0.39, 0.29) is 17.2 Å². The maximum atomic E-state index is 13.1. The van der Waals surface area contributed by atoms with Gasteiger partial charge in [0.1, 0.15) is 5.25 Å². The Balaban J connectivity index is 1.60. The zero-order valence-corrected chi connectivity index (χ0v) is 24.0. The molecule has 3 aromatic rings. The highest BCUT2D eigenvalue weighted by atomic mass is 32.2. The van der Waals surface area contributed by atoms with Gasteiger partial charge in [0.2, 0.25) is 15.9 Å². The molecule has 6 nitrogen and oxygen atoms in total. The summed E-state index contributed by atoms with van der Waals surface area (Å²) in [5.74, 6) is -0.386. The Bertz CT molecular complexity index is 1550. The SMILES string of the molecule is CC(S)(c1ccc(-c2cccc(S(C)(=O)=O)c2)cc1)c1ccc(C2CC(=O)N(C(C)(C)C)S2(=O)=O)cc1. The van der Waals surface area contributed by atoms with E-state index in [2.05, 4.69) is 0 Å². The Morgan fingerprint density at radius 2 is 1.41 bits per heavy atom. The Kier molecular flexibility index (Phi) is 6.88. The van der Waals surface area contributed by atoms with Gasteiger partial charge in [0.15, 0.2) is 9.84 Å². The van der Waals surface area contributed by atoms with E-state index in [1.54, 1.807) is 51.1 Å². The first kappa shape index (κ1) is 27.4. The predicted molar refractivity (Wildman–Crippen MR) is 150 cm³/mol. The molecule has 0 N–H and O–H groups in total. The first-order valence-corrected chi connectivity index (χ1v) is 15.7. The van der Waals surface area contributed by atoms with Gasteiger partial charge in [-0.2, -0.15) is 12.6 Å². The molecule has 1 aliphatic rings. The molecule has 1 fully saturated rings. The molecule has 0 spiro atoms. The van der Waals surface area contributed by atoms with Crippen LogP contribution < -0.4 is 0 Å². The average Bonchev–Trinajstić information content (AvgIpc) is 3.07. The molecule has 196 valence electrons. The standard InChI is InChI=1S/C28H31NO5S3/c1-27(2,3)29-26(30)18-25(37(29,33)34)20-11-15-23(16-12-20)28(4,35)22-13-9-19(10-14-22)21-7-6-8-24(17-21)36(5,31)32/h6-17,25,35H,18H2,1-5H3. The lowest BCUT2D eigenvalue weighted by atomic mass is 9.90. The first-order chi connectivity index (χ1) is 17.0. The lowest BCUT2D eigenvalue weighted by molar-refractivity contribution is -0.128. The summed E-state index contributed by atoms with van der Waals surface area (Å²) in [5, 5.41) is -0.901. The number of carbonyl (C=O) groups excluding carboxylic acids is 1. The number of hydrogen-bond acceptors (Lipinski definition) is 6. The molecule has 3 aromatic carbocycles. The van der Waals surface area contributed by atoms with Crippen molar-refractivity contribution < 1.29 is 21.6 Å². The van der Waals surface area contributed by atoms with Gasteiger partial charge < -0.3 is 0 Å². The highest BCUT2D eigenvalue weighted by Gasteiger charge is 2.49. The van der Waals surface area contributed by atoms with E-state index >= 15 is 0 Å². The van der Waals surface area contributed by atoms with Gasteiger partial charge in [0, 0.05) is 6.26 Å². The van der Waals surface area contributed by atoms with Gasteiger partial charge in [-0.15, -0.1) is 0 Å². The lowest BCUT2D eigenvalue weighted by Crippen LogP contribution is -2.45. The molecule has 2 unspecified atom stereocenters. The van der Waals surface area contributed by atoms with Crippen LogP contribution in [0, 0.1) is 0 Å². The smallest absolute Gasteiger partial charge is 0.245 e. The van der Waals surface area contributed by atoms with Gasteiger partial charge in [-0.3, -0.25) is 4.79 Å². The summed E-state index contributed by atoms with van der Waals surface area (Å²) in [6.45, 7) is 7.11. The number of hydrogen-bond donors (Lipinski definition) is 1. The summed E-state index contributed by atoms with van der Waals surface area (Å²) in [6.07, 6.45) is 1.12. The van der Waals surface area contributed by atoms with Crippen LogP contribution in [0.1, 0.15) is 56.1 Å². The molecule has 1 saturated heterocycles. The molecular formula is C28H31NO5S3. The van der Waals surface area contributed by atoms with Crippen molar-refractivity contribution >= 4 is 38.4 Å². The molecule has 1 heterocycles. The maximum Gasteiger partial charge on any atom is 0.245 e. The Morgan fingerprint density at radius 3 is 1.89 bits per heavy atom. The number of nitrogens with zero attached hydrogens (tertiary/aromatic N) is 1. The second-order valence-electron chi connectivity index (χ2n) is 10.6. The van der Waals surface area contributed by atoms with E-state index in [4.69, 9.17) is 12.6 Å². The first-order valence-electron chi connectivity index (χ1n) is 11.8. The Labute approximate surface area is 225 Å². The number of carbonyl (C=O) groups is 1. The summed E-state index contributed by atoms with van der Waals surface area (Å²) >= 11 is 4.93. The number of sulfone groups is 1. The van der Waals surface area contributed by atoms with Crippen molar-refractivity contribution in [1.29, 1.82) is 0 Å². The number of benzene rings is 3. The molecule has 4 rings (SSSR count). The largest absolute Gasteiger partial charge is 0.274 e. The van der Waals surface area contributed by atoms with Gasteiger partial charge in [0.25, 0.3) is 0 Å². The second-order valence-corrected chi connectivity index (χ2v) is 15.5. The molecule has 0 radical (unpaired) electrons. The summed E-state index contributed by atoms with van der Waals surface area (Å²) < 4.78 is 50.4. The van der Waals surface area contributed by atoms with E-state index in [1.165, 1.54) is 6.26 Å². The second kappa shape index (κ2) is 9.29. The van der Waals surface area contributed by atoms with Crippen molar-refractivity contribution in [3.8, 4) is 11.1 Å². The maximum absolute atomic E-state index is 13.1. The number of amides is 1. The van der Waals surface area contributed by atoms with E-state index in [0.29, 0.717) is 5.56 Å². The van der Waals surface area contributed by atoms with E-state index in [9.17, 15) is 21.6 Å². The normalized spacial score (nSPS) is 19.6. The molecule has 1 amide bonds. The van der Waals surface area contributed by atoms with E-state index in [1.807, 2.05) is 49.4 Å². The number of thiol groups is 1. The van der Waals surface area contributed by atoms with Crippen LogP contribution in [0.15, 0.2) is 77.7 Å². The summed E-state index contributed by atoms with van der Waals surface area (Å²) in [7, 11) is -7.11. The lowest BCUT2D eigenvalue weighted by Gasteiger charge is -2.31.